The molecule has 0 amide bonds. The van der Waals surface area contributed by atoms with Crippen LogP contribution in [0.3, 0.4) is 0 Å². The van der Waals surface area contributed by atoms with Gasteiger partial charge in [0.05, 0.1) is 11.6 Å². The van der Waals surface area contributed by atoms with Crippen molar-refractivity contribution in [1.29, 1.82) is 0 Å². The van der Waals surface area contributed by atoms with Crippen LogP contribution in [0.15, 0.2) is 5.38 Å². The van der Waals surface area contributed by atoms with Gasteiger partial charge in [0.2, 0.25) is 0 Å². The number of aldehydes is 1. The van der Waals surface area contributed by atoms with E-state index in [9.17, 15) is 4.79 Å². The summed E-state index contributed by atoms with van der Waals surface area (Å²) in [7, 11) is 0. The van der Waals surface area contributed by atoms with Crippen molar-refractivity contribution in [2.24, 2.45) is 0 Å². The summed E-state index contributed by atoms with van der Waals surface area (Å²) < 4.78 is 5.16. The predicted octanol–water partition coefficient (Wildman–Crippen LogP) is 1.53. The zero-order valence-electron chi connectivity index (χ0n) is 6.95. The number of carbonyl (C=O) groups is 1. The molecule has 1 aromatic heterocycles. The molecule has 0 radical (unpaired) electrons. The second-order valence-electron chi connectivity index (χ2n) is 2.23. The Balaban J connectivity index is 2.36. The van der Waals surface area contributed by atoms with Crippen molar-refractivity contribution in [1.82, 2.24) is 4.98 Å². The number of nitrogens with zero attached hydrogens (tertiary/aromatic N) is 1. The van der Waals surface area contributed by atoms with Gasteiger partial charge >= 0.3 is 0 Å². The van der Waals surface area contributed by atoms with Gasteiger partial charge in [0.1, 0.15) is 5.69 Å². The highest BCUT2D eigenvalue weighted by atomic mass is 32.1. The van der Waals surface area contributed by atoms with Crippen molar-refractivity contribution >= 4 is 17.6 Å². The Labute approximate surface area is 75.4 Å². The topological polar surface area (TPSA) is 39.2 Å². The fourth-order valence-electron chi connectivity index (χ4n) is 0.798. The average molecular weight is 185 g/mol. The average Bonchev–Trinajstić information content (AvgIpc) is 2.53. The van der Waals surface area contributed by atoms with E-state index in [-0.39, 0.29) is 0 Å². The van der Waals surface area contributed by atoms with E-state index in [1.165, 1.54) is 11.3 Å². The summed E-state index contributed by atoms with van der Waals surface area (Å²) >= 11 is 1.50. The van der Waals surface area contributed by atoms with Crippen LogP contribution in [0.4, 0.5) is 0 Å². The van der Waals surface area contributed by atoms with Gasteiger partial charge in [-0.15, -0.1) is 11.3 Å². The lowest BCUT2D eigenvalue weighted by Crippen LogP contribution is -1.97. The first kappa shape index (κ1) is 9.35. The van der Waals surface area contributed by atoms with Gasteiger partial charge in [0, 0.05) is 18.4 Å². The smallest absolute Gasteiger partial charge is 0.169 e. The minimum atomic E-state index is 0.520. The second-order valence-corrected chi connectivity index (χ2v) is 3.17. The first-order valence-electron chi connectivity index (χ1n) is 3.84. The third-order valence-corrected chi connectivity index (χ3v) is 2.28. The summed E-state index contributed by atoms with van der Waals surface area (Å²) in [5.74, 6) is 0. The molecule has 12 heavy (non-hydrogen) atoms. The van der Waals surface area contributed by atoms with Gasteiger partial charge in [0.25, 0.3) is 0 Å². The zero-order chi connectivity index (χ0) is 8.81. The Hall–Kier alpha value is -0.740. The lowest BCUT2D eigenvalue weighted by atomic mass is 10.5. The third kappa shape index (κ3) is 2.71. The summed E-state index contributed by atoms with van der Waals surface area (Å²) in [6, 6.07) is 0. The van der Waals surface area contributed by atoms with Gasteiger partial charge in [-0.25, -0.2) is 4.98 Å². The summed E-state index contributed by atoms with van der Waals surface area (Å²) in [4.78, 5) is 14.3. The zero-order valence-corrected chi connectivity index (χ0v) is 7.76. The molecule has 0 spiro atoms. The molecule has 0 fully saturated rings. The van der Waals surface area contributed by atoms with Crippen molar-refractivity contribution in [3.8, 4) is 0 Å². The van der Waals surface area contributed by atoms with Crippen molar-refractivity contribution in [3.05, 3.63) is 16.1 Å². The molecule has 0 bridgehead atoms. The number of rotatable bonds is 5. The Morgan fingerprint density at radius 2 is 2.58 bits per heavy atom. The summed E-state index contributed by atoms with van der Waals surface area (Å²) in [5, 5.41) is 2.72. The Bertz CT molecular complexity index is 247. The van der Waals surface area contributed by atoms with Gasteiger partial charge in [0.15, 0.2) is 6.29 Å². The van der Waals surface area contributed by atoms with E-state index in [4.69, 9.17) is 4.74 Å². The maximum absolute atomic E-state index is 10.3. The Kier molecular flexibility index (Phi) is 3.90. The van der Waals surface area contributed by atoms with E-state index >= 15 is 0 Å². The van der Waals surface area contributed by atoms with Crippen LogP contribution in [0.25, 0.3) is 0 Å². The van der Waals surface area contributed by atoms with Crippen LogP contribution in [0.5, 0.6) is 0 Å². The number of carbonyl (C=O) groups excluding carboxylic acids is 1. The molecule has 0 aliphatic heterocycles. The fourth-order valence-corrected chi connectivity index (χ4v) is 1.52. The van der Waals surface area contributed by atoms with E-state index in [0.717, 1.165) is 24.3 Å². The molecule has 3 nitrogen and oxygen atoms in total. The quantitative estimate of drug-likeness (QED) is 0.516. The molecular formula is C8H11NO2S. The molecule has 0 aliphatic carbocycles. The first-order chi connectivity index (χ1) is 5.86. The van der Waals surface area contributed by atoms with Crippen LogP contribution in [0.1, 0.15) is 22.4 Å². The first-order valence-corrected chi connectivity index (χ1v) is 4.72. The molecule has 0 aliphatic rings. The van der Waals surface area contributed by atoms with Gasteiger partial charge in [-0.3, -0.25) is 4.79 Å². The third-order valence-electron chi connectivity index (χ3n) is 1.35. The lowest BCUT2D eigenvalue weighted by molar-refractivity contribution is 0.111. The standard InChI is InChI=1S/C8H11NO2S/c1-2-11-4-3-8-9-7(5-10)6-12-8/h5-6H,2-4H2,1H3. The molecule has 1 heterocycles. The number of thiazole rings is 1. The largest absolute Gasteiger partial charge is 0.381 e. The minimum absolute atomic E-state index is 0.520. The molecule has 66 valence electrons. The molecule has 1 rings (SSSR count). The van der Waals surface area contributed by atoms with Crippen LogP contribution in [-0.2, 0) is 11.2 Å². The van der Waals surface area contributed by atoms with E-state index in [1.54, 1.807) is 5.38 Å². The molecule has 0 saturated carbocycles. The van der Waals surface area contributed by atoms with Crippen molar-refractivity contribution in [2.45, 2.75) is 13.3 Å². The van der Waals surface area contributed by atoms with Crippen LogP contribution >= 0.6 is 11.3 Å². The summed E-state index contributed by atoms with van der Waals surface area (Å²) in [6.45, 7) is 3.37. The Morgan fingerprint density at radius 3 is 3.17 bits per heavy atom. The fraction of sp³-hybridized carbons (Fsp3) is 0.500. The lowest BCUT2D eigenvalue weighted by Gasteiger charge is -1.96. The van der Waals surface area contributed by atoms with Crippen LogP contribution in [0.2, 0.25) is 0 Å². The number of ether oxygens (including phenoxy) is 1. The van der Waals surface area contributed by atoms with Crippen molar-refractivity contribution in [2.75, 3.05) is 13.2 Å². The summed E-state index contributed by atoms with van der Waals surface area (Å²) in [6.07, 6.45) is 1.56. The number of hydrogen-bond acceptors (Lipinski definition) is 4. The SMILES string of the molecule is CCOCCc1nc(C=O)cs1. The number of aromatic nitrogens is 1. The molecule has 0 N–H and O–H groups in total. The molecule has 0 saturated heterocycles. The van der Waals surface area contributed by atoms with Crippen LogP contribution < -0.4 is 0 Å². The van der Waals surface area contributed by atoms with Crippen molar-refractivity contribution < 1.29 is 9.53 Å². The highest BCUT2D eigenvalue weighted by molar-refractivity contribution is 7.09. The van der Waals surface area contributed by atoms with E-state index in [1.807, 2.05) is 6.92 Å². The van der Waals surface area contributed by atoms with E-state index in [0.29, 0.717) is 12.3 Å². The van der Waals surface area contributed by atoms with Gasteiger partial charge in [-0.1, -0.05) is 0 Å². The van der Waals surface area contributed by atoms with Gasteiger partial charge in [-0.05, 0) is 6.92 Å². The van der Waals surface area contributed by atoms with Gasteiger partial charge in [-0.2, -0.15) is 0 Å². The Morgan fingerprint density at radius 1 is 1.75 bits per heavy atom. The van der Waals surface area contributed by atoms with Crippen molar-refractivity contribution in [3.63, 3.8) is 0 Å². The molecular weight excluding hydrogens is 174 g/mol. The monoisotopic (exact) mass is 185 g/mol. The highest BCUT2D eigenvalue weighted by Crippen LogP contribution is 2.08. The minimum Gasteiger partial charge on any atom is -0.381 e. The summed E-state index contributed by atoms with van der Waals surface area (Å²) in [5.41, 5.74) is 0.520. The molecule has 4 heteroatoms. The maximum atomic E-state index is 10.3. The predicted molar refractivity (Wildman–Crippen MR) is 47.7 cm³/mol. The van der Waals surface area contributed by atoms with Gasteiger partial charge < -0.3 is 4.74 Å². The molecule has 0 aromatic carbocycles. The number of hydrogen-bond donors (Lipinski definition) is 0. The normalized spacial score (nSPS) is 10.1. The van der Waals surface area contributed by atoms with Crippen LogP contribution in [-0.4, -0.2) is 24.5 Å². The maximum Gasteiger partial charge on any atom is 0.169 e. The van der Waals surface area contributed by atoms with Crippen LogP contribution in [0, 0.1) is 0 Å². The van der Waals surface area contributed by atoms with E-state index in [2.05, 4.69) is 4.98 Å². The highest BCUT2D eigenvalue weighted by Gasteiger charge is 1.99. The molecule has 1 aromatic rings. The van der Waals surface area contributed by atoms with E-state index < -0.39 is 0 Å². The molecule has 0 unspecified atom stereocenters. The second kappa shape index (κ2) is 5.00. The molecule has 0 atom stereocenters.